The Morgan fingerprint density at radius 3 is 3.05 bits per heavy atom. The number of ether oxygens (including phenoxy) is 1. The molecule has 1 unspecified atom stereocenters. The number of nitrogens with zero attached hydrogens (tertiary/aromatic N) is 2. The molecule has 1 aromatic heterocycles. The van der Waals surface area contributed by atoms with Crippen LogP contribution in [0.2, 0.25) is 0 Å². The number of piperidine rings is 1. The zero-order valence-electron chi connectivity index (χ0n) is 12.6. The van der Waals surface area contributed by atoms with E-state index in [1.807, 2.05) is 18.7 Å². The van der Waals surface area contributed by atoms with Crippen molar-refractivity contribution in [3.63, 3.8) is 0 Å². The minimum atomic E-state index is -0.0748. The van der Waals surface area contributed by atoms with Gasteiger partial charge in [0, 0.05) is 25.8 Å². The maximum atomic E-state index is 12.4. The number of carbonyl (C=O) groups excluding carboxylic acids is 1. The third-order valence-electron chi connectivity index (χ3n) is 3.55. The van der Waals surface area contributed by atoms with Crippen molar-refractivity contribution in [3.05, 3.63) is 17.5 Å². The van der Waals surface area contributed by atoms with Crippen molar-refractivity contribution < 1.29 is 14.1 Å². The number of hydrogen-bond acceptors (Lipinski definition) is 4. The van der Waals surface area contributed by atoms with Crippen LogP contribution in [0.3, 0.4) is 0 Å². The number of carbonyl (C=O) groups is 1. The molecule has 0 aliphatic carbocycles. The van der Waals surface area contributed by atoms with E-state index in [0.717, 1.165) is 38.1 Å². The molecule has 0 aromatic carbocycles. The highest BCUT2D eigenvalue weighted by Gasteiger charge is 2.27. The van der Waals surface area contributed by atoms with Crippen molar-refractivity contribution in [2.45, 2.75) is 52.1 Å². The number of hydrogen-bond donors (Lipinski definition) is 0. The van der Waals surface area contributed by atoms with Gasteiger partial charge in [-0.15, -0.1) is 0 Å². The second-order valence-electron chi connectivity index (χ2n) is 5.66. The van der Waals surface area contributed by atoms with Gasteiger partial charge in [0.25, 0.3) is 5.91 Å². The molecule has 1 aromatic rings. The summed E-state index contributed by atoms with van der Waals surface area (Å²) in [6.07, 6.45) is 3.16. The quantitative estimate of drug-likeness (QED) is 0.832. The van der Waals surface area contributed by atoms with Gasteiger partial charge in [-0.25, -0.2) is 0 Å². The topological polar surface area (TPSA) is 55.6 Å². The van der Waals surface area contributed by atoms with Crippen LogP contribution >= 0.6 is 0 Å². The minimum Gasteiger partial charge on any atom is -0.376 e. The first-order chi connectivity index (χ1) is 9.61. The molecule has 2 rings (SSSR count). The number of likely N-dealkylation sites (tertiary alicyclic amines) is 1. The largest absolute Gasteiger partial charge is 0.376 e. The van der Waals surface area contributed by atoms with E-state index in [1.54, 1.807) is 6.07 Å². The van der Waals surface area contributed by atoms with E-state index in [2.05, 4.69) is 12.1 Å². The summed E-state index contributed by atoms with van der Waals surface area (Å²) in [6.45, 7) is 8.32. The second-order valence-corrected chi connectivity index (χ2v) is 5.66. The molecule has 1 saturated heterocycles. The molecule has 0 bridgehead atoms. The summed E-state index contributed by atoms with van der Waals surface area (Å²) < 4.78 is 10.9. The summed E-state index contributed by atoms with van der Waals surface area (Å²) >= 11 is 0. The van der Waals surface area contributed by atoms with E-state index < -0.39 is 0 Å². The third-order valence-corrected chi connectivity index (χ3v) is 3.55. The molecule has 0 N–H and O–H groups in total. The van der Waals surface area contributed by atoms with Crippen LogP contribution in [0.4, 0.5) is 0 Å². The zero-order chi connectivity index (χ0) is 14.5. The summed E-state index contributed by atoms with van der Waals surface area (Å²) in [4.78, 5) is 14.2. The lowest BCUT2D eigenvalue weighted by Gasteiger charge is -2.31. The molecule has 5 heteroatoms. The van der Waals surface area contributed by atoms with Crippen molar-refractivity contribution in [1.29, 1.82) is 0 Å². The van der Waals surface area contributed by atoms with Gasteiger partial charge in [0.05, 0.1) is 11.8 Å². The fraction of sp³-hybridized carbons (Fsp3) is 0.733. The highest BCUT2D eigenvalue weighted by Crippen LogP contribution is 2.19. The number of rotatable bonds is 5. The lowest BCUT2D eigenvalue weighted by Crippen LogP contribution is -2.43. The SMILES string of the molecule is CCCOC1CCCN(C(=O)c2cc(C(C)C)no2)C1. The summed E-state index contributed by atoms with van der Waals surface area (Å²) in [5.41, 5.74) is 0.823. The number of aromatic nitrogens is 1. The van der Waals surface area contributed by atoms with E-state index >= 15 is 0 Å². The highest BCUT2D eigenvalue weighted by molar-refractivity contribution is 5.91. The predicted octanol–water partition coefficient (Wildman–Crippen LogP) is 2.83. The van der Waals surface area contributed by atoms with Gasteiger partial charge >= 0.3 is 0 Å². The van der Waals surface area contributed by atoms with E-state index in [4.69, 9.17) is 9.26 Å². The maximum Gasteiger partial charge on any atom is 0.292 e. The first kappa shape index (κ1) is 15.0. The Kier molecular flexibility index (Phi) is 5.17. The molecule has 2 heterocycles. The fourth-order valence-electron chi connectivity index (χ4n) is 2.36. The molecule has 0 saturated carbocycles. The normalized spacial score (nSPS) is 19.6. The lowest BCUT2D eigenvalue weighted by atomic mass is 10.1. The van der Waals surface area contributed by atoms with Gasteiger partial charge in [0.15, 0.2) is 0 Å². The van der Waals surface area contributed by atoms with Crippen LogP contribution < -0.4 is 0 Å². The van der Waals surface area contributed by atoms with Crippen molar-refractivity contribution in [3.8, 4) is 0 Å². The molecule has 112 valence electrons. The van der Waals surface area contributed by atoms with Crippen molar-refractivity contribution in [2.24, 2.45) is 0 Å². The Morgan fingerprint density at radius 1 is 1.60 bits per heavy atom. The molecule has 1 fully saturated rings. The van der Waals surface area contributed by atoms with Crippen LogP contribution in [0.15, 0.2) is 10.6 Å². The average Bonchev–Trinajstić information content (AvgIpc) is 2.94. The average molecular weight is 280 g/mol. The van der Waals surface area contributed by atoms with E-state index in [0.29, 0.717) is 12.3 Å². The number of amides is 1. The smallest absolute Gasteiger partial charge is 0.292 e. The third kappa shape index (κ3) is 3.60. The van der Waals surface area contributed by atoms with E-state index in [9.17, 15) is 4.79 Å². The Hall–Kier alpha value is -1.36. The maximum absolute atomic E-state index is 12.4. The van der Waals surface area contributed by atoms with Crippen LogP contribution in [0, 0.1) is 0 Å². The van der Waals surface area contributed by atoms with Gasteiger partial charge in [0.1, 0.15) is 0 Å². The fourth-order valence-corrected chi connectivity index (χ4v) is 2.36. The Morgan fingerprint density at radius 2 is 2.40 bits per heavy atom. The van der Waals surface area contributed by atoms with Gasteiger partial charge in [0.2, 0.25) is 5.76 Å². The lowest BCUT2D eigenvalue weighted by molar-refractivity contribution is 0.000902. The van der Waals surface area contributed by atoms with Gasteiger partial charge in [-0.05, 0) is 25.2 Å². The van der Waals surface area contributed by atoms with E-state index in [-0.39, 0.29) is 17.9 Å². The van der Waals surface area contributed by atoms with Gasteiger partial charge in [-0.3, -0.25) is 4.79 Å². The van der Waals surface area contributed by atoms with Crippen LogP contribution in [-0.2, 0) is 4.74 Å². The standard InChI is InChI=1S/C15H24N2O3/c1-4-8-19-12-6-5-7-17(10-12)15(18)14-9-13(11(2)3)16-20-14/h9,11-12H,4-8,10H2,1-3H3. The van der Waals surface area contributed by atoms with Crippen LogP contribution in [0.5, 0.6) is 0 Å². The minimum absolute atomic E-state index is 0.0748. The molecule has 0 radical (unpaired) electrons. The molecule has 5 nitrogen and oxygen atoms in total. The molecule has 1 aliphatic rings. The van der Waals surface area contributed by atoms with Crippen molar-refractivity contribution in [2.75, 3.05) is 19.7 Å². The van der Waals surface area contributed by atoms with Crippen LogP contribution in [-0.4, -0.2) is 41.8 Å². The van der Waals surface area contributed by atoms with Gasteiger partial charge in [-0.2, -0.15) is 0 Å². The monoisotopic (exact) mass is 280 g/mol. The van der Waals surface area contributed by atoms with Crippen molar-refractivity contribution in [1.82, 2.24) is 10.1 Å². The van der Waals surface area contributed by atoms with Crippen LogP contribution in [0.1, 0.15) is 62.2 Å². The summed E-state index contributed by atoms with van der Waals surface area (Å²) in [5, 5.41) is 3.95. The summed E-state index contributed by atoms with van der Waals surface area (Å²) in [5.74, 6) is 0.529. The predicted molar refractivity (Wildman–Crippen MR) is 75.8 cm³/mol. The second kappa shape index (κ2) is 6.88. The molecule has 20 heavy (non-hydrogen) atoms. The first-order valence-corrected chi connectivity index (χ1v) is 7.49. The van der Waals surface area contributed by atoms with Gasteiger partial charge < -0.3 is 14.2 Å². The Balaban J connectivity index is 1.97. The Bertz CT molecular complexity index is 442. The molecule has 1 amide bonds. The molecular formula is C15H24N2O3. The van der Waals surface area contributed by atoms with Crippen LogP contribution in [0.25, 0.3) is 0 Å². The summed E-state index contributed by atoms with van der Waals surface area (Å²) in [7, 11) is 0. The molecule has 0 spiro atoms. The summed E-state index contributed by atoms with van der Waals surface area (Å²) in [6, 6.07) is 1.75. The molecule has 1 atom stereocenters. The zero-order valence-corrected chi connectivity index (χ0v) is 12.6. The molecular weight excluding hydrogens is 256 g/mol. The van der Waals surface area contributed by atoms with Crippen molar-refractivity contribution >= 4 is 5.91 Å². The van der Waals surface area contributed by atoms with E-state index in [1.165, 1.54) is 0 Å². The first-order valence-electron chi connectivity index (χ1n) is 7.49. The van der Waals surface area contributed by atoms with Gasteiger partial charge in [-0.1, -0.05) is 25.9 Å². The molecule has 1 aliphatic heterocycles. The highest BCUT2D eigenvalue weighted by atomic mass is 16.5. The Labute approximate surface area is 120 Å².